The van der Waals surface area contributed by atoms with Gasteiger partial charge in [0.1, 0.15) is 5.69 Å². The quantitative estimate of drug-likeness (QED) is 0.605. The van der Waals surface area contributed by atoms with Crippen LogP contribution in [0.5, 0.6) is 0 Å². The van der Waals surface area contributed by atoms with Crippen molar-refractivity contribution in [3.8, 4) is 6.07 Å². The number of hydrogen-bond donors (Lipinski definition) is 0. The van der Waals surface area contributed by atoms with Crippen LogP contribution in [0.4, 0.5) is 23.2 Å². The minimum absolute atomic E-state index is 0.0156. The summed E-state index contributed by atoms with van der Waals surface area (Å²) in [6.45, 7) is 1.63. The zero-order valence-corrected chi connectivity index (χ0v) is 8.97. The van der Waals surface area contributed by atoms with Crippen LogP contribution in [0.3, 0.4) is 0 Å². The van der Waals surface area contributed by atoms with Crippen LogP contribution in [0.15, 0.2) is 0 Å². The fraction of sp³-hybridized carbons (Fsp3) is 0.400. The van der Waals surface area contributed by atoms with Crippen LogP contribution in [0.2, 0.25) is 0 Å². The van der Waals surface area contributed by atoms with Gasteiger partial charge in [-0.25, -0.2) is 0 Å². The molecule has 0 saturated carbocycles. The Bertz CT molecular complexity index is 430. The molecule has 7 heteroatoms. The summed E-state index contributed by atoms with van der Waals surface area (Å²) in [5.41, 5.74) is -0.826. The molecule has 92 valence electrons. The van der Waals surface area contributed by atoms with E-state index in [1.165, 1.54) is 0 Å². The lowest BCUT2D eigenvalue weighted by molar-refractivity contribution is 0.406. The first-order valence-corrected chi connectivity index (χ1v) is 4.84. The van der Waals surface area contributed by atoms with Crippen molar-refractivity contribution in [2.75, 3.05) is 18.0 Å². The molecule has 0 aromatic carbocycles. The first-order chi connectivity index (χ1) is 8.02. The minimum atomic E-state index is -1.70. The standard InChI is InChI=1S/C10H9F4N3/c1-2-17(5-3-4-15)8-6(11)9(13)16-10(14)7(8)12/h2-3,5H2,1H3. The molecule has 3 nitrogen and oxygen atoms in total. The van der Waals surface area contributed by atoms with Gasteiger partial charge in [-0.3, -0.25) is 0 Å². The van der Waals surface area contributed by atoms with E-state index >= 15 is 0 Å². The second-order valence-electron chi connectivity index (χ2n) is 3.16. The smallest absolute Gasteiger partial charge is 0.253 e. The molecule has 0 aliphatic rings. The summed E-state index contributed by atoms with van der Waals surface area (Å²) in [5.74, 6) is -6.50. The highest BCUT2D eigenvalue weighted by atomic mass is 19.2. The van der Waals surface area contributed by atoms with Gasteiger partial charge in [0.2, 0.25) is 11.6 Å². The molecule has 1 heterocycles. The second-order valence-corrected chi connectivity index (χ2v) is 3.16. The summed E-state index contributed by atoms with van der Waals surface area (Å²) >= 11 is 0. The van der Waals surface area contributed by atoms with Gasteiger partial charge in [-0.05, 0) is 6.92 Å². The highest BCUT2D eigenvalue weighted by Gasteiger charge is 2.24. The number of halogens is 4. The fourth-order valence-corrected chi connectivity index (χ4v) is 1.37. The Balaban J connectivity index is 3.23. The fourth-order valence-electron chi connectivity index (χ4n) is 1.37. The van der Waals surface area contributed by atoms with Crippen LogP contribution >= 0.6 is 0 Å². The molecule has 0 fully saturated rings. The van der Waals surface area contributed by atoms with Crippen molar-refractivity contribution in [2.24, 2.45) is 0 Å². The van der Waals surface area contributed by atoms with Gasteiger partial charge in [0.15, 0.2) is 0 Å². The monoisotopic (exact) mass is 247 g/mol. The predicted molar refractivity (Wildman–Crippen MR) is 52.2 cm³/mol. The Hall–Kier alpha value is -1.84. The lowest BCUT2D eigenvalue weighted by Crippen LogP contribution is -2.27. The maximum absolute atomic E-state index is 13.3. The van der Waals surface area contributed by atoms with Crippen molar-refractivity contribution < 1.29 is 17.6 Å². The Morgan fingerprint density at radius 3 is 2.12 bits per heavy atom. The van der Waals surface area contributed by atoms with E-state index < -0.39 is 29.2 Å². The van der Waals surface area contributed by atoms with E-state index in [2.05, 4.69) is 4.98 Å². The summed E-state index contributed by atoms with van der Waals surface area (Å²) in [7, 11) is 0. The first kappa shape index (κ1) is 13.2. The van der Waals surface area contributed by atoms with Gasteiger partial charge in [0.25, 0.3) is 11.9 Å². The van der Waals surface area contributed by atoms with Crippen molar-refractivity contribution in [1.29, 1.82) is 5.26 Å². The third-order valence-corrected chi connectivity index (χ3v) is 2.17. The molecule has 0 N–H and O–H groups in total. The number of hydrogen-bond acceptors (Lipinski definition) is 3. The molecule has 1 rings (SSSR count). The lowest BCUT2D eigenvalue weighted by Gasteiger charge is -2.22. The molecule has 0 aliphatic carbocycles. The lowest BCUT2D eigenvalue weighted by atomic mass is 10.3. The van der Waals surface area contributed by atoms with Crippen molar-refractivity contribution in [3.63, 3.8) is 0 Å². The van der Waals surface area contributed by atoms with E-state index in [1.54, 1.807) is 13.0 Å². The van der Waals surface area contributed by atoms with Crippen LogP contribution in [-0.4, -0.2) is 18.1 Å². The summed E-state index contributed by atoms with van der Waals surface area (Å²) in [4.78, 5) is 3.50. The average Bonchev–Trinajstić information content (AvgIpc) is 2.31. The molecule has 0 amide bonds. The summed E-state index contributed by atoms with van der Waals surface area (Å²) in [6, 6.07) is 1.78. The minimum Gasteiger partial charge on any atom is -0.366 e. The van der Waals surface area contributed by atoms with Gasteiger partial charge in [-0.15, -0.1) is 0 Å². The van der Waals surface area contributed by atoms with Gasteiger partial charge in [-0.1, -0.05) is 0 Å². The average molecular weight is 247 g/mol. The largest absolute Gasteiger partial charge is 0.366 e. The Labute approximate surface area is 95.3 Å². The molecule has 17 heavy (non-hydrogen) atoms. The van der Waals surface area contributed by atoms with Crippen molar-refractivity contribution in [1.82, 2.24) is 4.98 Å². The van der Waals surface area contributed by atoms with E-state index in [0.29, 0.717) is 0 Å². The Morgan fingerprint density at radius 1 is 1.18 bits per heavy atom. The van der Waals surface area contributed by atoms with Crippen molar-refractivity contribution in [2.45, 2.75) is 13.3 Å². The normalized spacial score (nSPS) is 10.1. The number of nitriles is 1. The van der Waals surface area contributed by atoms with E-state index in [-0.39, 0.29) is 19.5 Å². The molecule has 0 saturated heterocycles. The van der Waals surface area contributed by atoms with E-state index in [0.717, 1.165) is 4.90 Å². The van der Waals surface area contributed by atoms with Gasteiger partial charge in [0.05, 0.1) is 12.5 Å². The molecule has 0 bridgehead atoms. The summed E-state index contributed by atoms with van der Waals surface area (Å²) in [6.07, 6.45) is -0.0156. The highest BCUT2D eigenvalue weighted by molar-refractivity contribution is 5.48. The molecule has 1 aromatic rings. The zero-order valence-electron chi connectivity index (χ0n) is 8.97. The van der Waals surface area contributed by atoms with E-state index in [1.807, 2.05) is 0 Å². The summed E-state index contributed by atoms with van der Waals surface area (Å²) in [5, 5.41) is 8.38. The third-order valence-electron chi connectivity index (χ3n) is 2.17. The van der Waals surface area contributed by atoms with Crippen LogP contribution in [0, 0.1) is 34.9 Å². The van der Waals surface area contributed by atoms with Crippen LogP contribution < -0.4 is 4.90 Å². The van der Waals surface area contributed by atoms with Gasteiger partial charge >= 0.3 is 0 Å². The molecule has 0 spiro atoms. The predicted octanol–water partition coefficient (Wildman–Crippen LogP) is 2.38. The van der Waals surface area contributed by atoms with Crippen LogP contribution in [0.1, 0.15) is 13.3 Å². The summed E-state index contributed by atoms with van der Waals surface area (Å²) < 4.78 is 52.4. The zero-order chi connectivity index (χ0) is 13.0. The van der Waals surface area contributed by atoms with Crippen molar-refractivity contribution >= 4 is 5.69 Å². The molecular formula is C10H9F4N3. The Kier molecular flexibility index (Phi) is 4.26. The number of anilines is 1. The molecule has 0 atom stereocenters. The van der Waals surface area contributed by atoms with E-state index in [4.69, 9.17) is 5.26 Å². The molecule has 1 aromatic heterocycles. The second kappa shape index (κ2) is 5.48. The van der Waals surface area contributed by atoms with Crippen LogP contribution in [0.25, 0.3) is 0 Å². The SMILES string of the molecule is CCN(CCC#N)c1c(F)c(F)nc(F)c1F. The Morgan fingerprint density at radius 2 is 1.71 bits per heavy atom. The molecule has 0 unspecified atom stereocenters. The third kappa shape index (κ3) is 2.64. The molecule has 0 radical (unpaired) electrons. The van der Waals surface area contributed by atoms with Gasteiger partial charge in [0, 0.05) is 13.1 Å². The number of aromatic nitrogens is 1. The van der Waals surface area contributed by atoms with E-state index in [9.17, 15) is 17.6 Å². The number of nitrogens with zero attached hydrogens (tertiary/aromatic N) is 3. The number of pyridine rings is 1. The van der Waals surface area contributed by atoms with Gasteiger partial charge in [-0.2, -0.15) is 27.8 Å². The van der Waals surface area contributed by atoms with Crippen molar-refractivity contribution in [3.05, 3.63) is 23.5 Å². The van der Waals surface area contributed by atoms with Crippen LogP contribution in [-0.2, 0) is 0 Å². The maximum atomic E-state index is 13.3. The van der Waals surface area contributed by atoms with Gasteiger partial charge < -0.3 is 4.90 Å². The molecule has 0 aliphatic heterocycles. The first-order valence-electron chi connectivity index (χ1n) is 4.84. The maximum Gasteiger partial charge on any atom is 0.253 e. The topological polar surface area (TPSA) is 39.9 Å². The molecular weight excluding hydrogens is 238 g/mol. The highest BCUT2D eigenvalue weighted by Crippen LogP contribution is 2.26. The number of rotatable bonds is 4.